The summed E-state index contributed by atoms with van der Waals surface area (Å²) in [5.74, 6) is 0.611. The normalized spacial score (nSPS) is 13.9. The largest absolute Gasteiger partial charge is 0.362 e. The minimum absolute atomic E-state index is 0.0409. The maximum Gasteiger partial charge on any atom is 0.193 e. The molecule has 0 radical (unpaired) electrons. The van der Waals surface area contributed by atoms with Gasteiger partial charge in [-0.2, -0.15) is 0 Å². The molecule has 0 amide bonds. The van der Waals surface area contributed by atoms with Gasteiger partial charge in [0.15, 0.2) is 5.78 Å². The first kappa shape index (κ1) is 23.5. The third-order valence-corrected chi connectivity index (χ3v) is 6.35. The van der Waals surface area contributed by atoms with E-state index in [0.29, 0.717) is 11.3 Å². The van der Waals surface area contributed by atoms with Crippen LogP contribution in [0, 0.1) is 13.8 Å². The number of carbonyl (C=O) groups excluding carboxylic acids is 1. The van der Waals surface area contributed by atoms with E-state index in [-0.39, 0.29) is 5.78 Å². The first-order valence-corrected chi connectivity index (χ1v) is 11.9. The Kier molecular flexibility index (Phi) is 6.97. The fourth-order valence-corrected chi connectivity index (χ4v) is 4.65. The molecule has 34 heavy (non-hydrogen) atoms. The Morgan fingerprint density at radius 2 is 1.85 bits per heavy atom. The van der Waals surface area contributed by atoms with Crippen molar-refractivity contribution in [2.45, 2.75) is 53.5 Å². The molecule has 4 rings (SSSR count). The number of rotatable bonds is 5. The molecule has 0 spiro atoms. The molecule has 4 heteroatoms. The van der Waals surface area contributed by atoms with E-state index in [9.17, 15) is 4.79 Å². The summed E-state index contributed by atoms with van der Waals surface area (Å²) < 4.78 is 2.30. The number of allylic oxidation sites excluding steroid dienone is 1. The molecule has 0 aliphatic heterocycles. The Hall–Kier alpha value is -3.66. The van der Waals surface area contributed by atoms with E-state index in [1.54, 1.807) is 6.92 Å². The van der Waals surface area contributed by atoms with Crippen molar-refractivity contribution in [3.63, 3.8) is 0 Å². The van der Waals surface area contributed by atoms with E-state index in [1.807, 2.05) is 43.3 Å². The van der Waals surface area contributed by atoms with Gasteiger partial charge in [0.05, 0.1) is 5.71 Å². The SMILES string of the molecule is C=C(C)O/N=C1\CCCc2cc(C)n(CC)c3ccc(C(=O)c4ccccc4C)cc3ccc21. The number of ketones is 1. The van der Waals surface area contributed by atoms with Crippen molar-refractivity contribution in [2.24, 2.45) is 5.16 Å². The number of nitrogens with zero attached hydrogens (tertiary/aromatic N) is 2. The summed E-state index contributed by atoms with van der Waals surface area (Å²) in [5.41, 5.74) is 7.94. The highest BCUT2D eigenvalue weighted by Crippen LogP contribution is 2.25. The quantitative estimate of drug-likeness (QED) is 0.233. The molecule has 3 aromatic rings. The van der Waals surface area contributed by atoms with Crippen molar-refractivity contribution in [3.8, 4) is 0 Å². The molecule has 1 heterocycles. The summed E-state index contributed by atoms with van der Waals surface area (Å²) in [6, 6.07) is 20.2. The van der Waals surface area contributed by atoms with Crippen molar-refractivity contribution < 1.29 is 9.63 Å². The number of aryl methyl sites for hydroxylation is 4. The van der Waals surface area contributed by atoms with Gasteiger partial charge < -0.3 is 9.40 Å². The topological polar surface area (TPSA) is 43.6 Å². The highest BCUT2D eigenvalue weighted by atomic mass is 16.6. The standard InChI is InChI=1S/C30H32N2O2/c1-6-32-22(5)18-23-11-9-13-28(31-34-20(2)3)27(23)16-14-24-19-25(15-17-29(24)32)30(33)26-12-8-7-10-21(26)4/h7-8,10,12,14-19H,2,6,9,11,13H2,1,3-5H3/b16-14?,22-18?,31-28+. The van der Waals surface area contributed by atoms with Gasteiger partial charge in [-0.25, -0.2) is 0 Å². The minimum Gasteiger partial charge on any atom is -0.362 e. The molecule has 0 fully saturated rings. The van der Waals surface area contributed by atoms with E-state index in [2.05, 4.69) is 54.4 Å². The summed E-state index contributed by atoms with van der Waals surface area (Å²) in [6.45, 7) is 12.7. The number of oxime groups is 1. The second-order valence-electron chi connectivity index (χ2n) is 8.90. The molecule has 0 N–H and O–H groups in total. The lowest BCUT2D eigenvalue weighted by molar-refractivity contribution is 0.103. The first-order valence-electron chi connectivity index (χ1n) is 11.9. The average Bonchev–Trinajstić information content (AvgIpc) is 2.88. The summed E-state index contributed by atoms with van der Waals surface area (Å²) in [6.07, 6.45) is 2.89. The van der Waals surface area contributed by atoms with Crippen LogP contribution in [0.5, 0.6) is 0 Å². The van der Waals surface area contributed by atoms with Crippen LogP contribution >= 0.6 is 0 Å². The maximum atomic E-state index is 13.3. The molecule has 0 saturated carbocycles. The van der Waals surface area contributed by atoms with Gasteiger partial charge in [0, 0.05) is 34.4 Å². The summed E-state index contributed by atoms with van der Waals surface area (Å²) in [4.78, 5) is 18.7. The molecular formula is C30H32N2O2. The van der Waals surface area contributed by atoms with Crippen molar-refractivity contribution >= 4 is 22.4 Å². The van der Waals surface area contributed by atoms with Gasteiger partial charge in [-0.1, -0.05) is 48.1 Å². The zero-order valence-electron chi connectivity index (χ0n) is 20.5. The summed E-state index contributed by atoms with van der Waals surface area (Å²) >= 11 is 0. The van der Waals surface area contributed by atoms with E-state index in [0.717, 1.165) is 59.1 Å². The monoisotopic (exact) mass is 452 g/mol. The van der Waals surface area contributed by atoms with Gasteiger partial charge in [0.25, 0.3) is 0 Å². The number of benzene rings is 2. The zero-order valence-corrected chi connectivity index (χ0v) is 20.5. The highest BCUT2D eigenvalue weighted by Gasteiger charge is 2.17. The highest BCUT2D eigenvalue weighted by molar-refractivity contribution is 6.11. The van der Waals surface area contributed by atoms with Crippen LogP contribution in [0.3, 0.4) is 0 Å². The summed E-state index contributed by atoms with van der Waals surface area (Å²) in [7, 11) is 0. The Morgan fingerprint density at radius 3 is 2.59 bits per heavy atom. The lowest BCUT2D eigenvalue weighted by Crippen LogP contribution is -2.11. The second kappa shape index (κ2) is 10.1. The molecule has 2 aromatic carbocycles. The van der Waals surface area contributed by atoms with Crippen LogP contribution in [0.1, 0.15) is 65.0 Å². The van der Waals surface area contributed by atoms with Crippen LogP contribution in [-0.4, -0.2) is 16.1 Å². The van der Waals surface area contributed by atoms with Gasteiger partial charge in [0.1, 0.15) is 5.76 Å². The van der Waals surface area contributed by atoms with Gasteiger partial charge >= 0.3 is 0 Å². The van der Waals surface area contributed by atoms with Crippen LogP contribution in [0.4, 0.5) is 0 Å². The third-order valence-electron chi connectivity index (χ3n) is 6.35. The number of hydrogen-bond acceptors (Lipinski definition) is 3. The van der Waals surface area contributed by atoms with Crippen LogP contribution < -0.4 is 0 Å². The molecular weight excluding hydrogens is 420 g/mol. The lowest BCUT2D eigenvalue weighted by atomic mass is 9.91. The Labute approximate surface area is 201 Å². The van der Waals surface area contributed by atoms with Crippen molar-refractivity contribution in [1.29, 1.82) is 0 Å². The molecule has 0 atom stereocenters. The number of carbonyl (C=O) groups is 1. The fraction of sp³-hybridized carbons (Fsp3) is 0.267. The van der Waals surface area contributed by atoms with Gasteiger partial charge in [-0.05, 0) is 87.7 Å². The average molecular weight is 453 g/mol. The van der Waals surface area contributed by atoms with Crippen molar-refractivity contribution in [1.82, 2.24) is 4.57 Å². The predicted octanol–water partition coefficient (Wildman–Crippen LogP) is 7.22. The molecule has 1 aliphatic carbocycles. The third kappa shape index (κ3) is 4.81. The van der Waals surface area contributed by atoms with E-state index >= 15 is 0 Å². The van der Waals surface area contributed by atoms with E-state index in [4.69, 9.17) is 4.84 Å². The van der Waals surface area contributed by atoms with Crippen LogP contribution in [0.25, 0.3) is 10.9 Å². The van der Waals surface area contributed by atoms with E-state index in [1.165, 1.54) is 11.3 Å². The van der Waals surface area contributed by atoms with Gasteiger partial charge in [0.2, 0.25) is 0 Å². The molecule has 0 unspecified atom stereocenters. The molecule has 0 saturated heterocycles. The molecule has 4 nitrogen and oxygen atoms in total. The summed E-state index contributed by atoms with van der Waals surface area (Å²) in [5, 5.41) is 5.40. The number of aromatic nitrogens is 1. The number of hydrogen-bond donors (Lipinski definition) is 0. The molecule has 0 bridgehead atoms. The Balaban J connectivity index is 1.96. The van der Waals surface area contributed by atoms with Crippen molar-refractivity contribution in [2.75, 3.05) is 0 Å². The van der Waals surface area contributed by atoms with Crippen LogP contribution in [0.15, 0.2) is 78.2 Å². The molecule has 1 aliphatic rings. The predicted molar refractivity (Wildman–Crippen MR) is 140 cm³/mol. The Bertz CT molecular complexity index is 1360. The lowest BCUT2D eigenvalue weighted by Gasteiger charge is -2.16. The zero-order chi connectivity index (χ0) is 24.2. The van der Waals surface area contributed by atoms with E-state index < -0.39 is 0 Å². The van der Waals surface area contributed by atoms with Crippen molar-refractivity contribution in [3.05, 3.63) is 107 Å². The fourth-order valence-electron chi connectivity index (χ4n) is 4.65. The molecule has 174 valence electrons. The number of fused-ring (bicyclic) bond motifs is 2. The molecule has 1 aromatic heterocycles. The smallest absolute Gasteiger partial charge is 0.193 e. The first-order chi connectivity index (χ1) is 16.4. The maximum absolute atomic E-state index is 13.3. The van der Waals surface area contributed by atoms with Crippen LogP contribution in [-0.2, 0) is 17.8 Å². The Morgan fingerprint density at radius 1 is 1.06 bits per heavy atom. The van der Waals surface area contributed by atoms with Crippen LogP contribution in [0.2, 0.25) is 0 Å². The van der Waals surface area contributed by atoms with Gasteiger partial charge in [-0.15, -0.1) is 0 Å². The second-order valence-corrected chi connectivity index (χ2v) is 8.90. The van der Waals surface area contributed by atoms with Gasteiger partial charge in [-0.3, -0.25) is 4.79 Å². The minimum atomic E-state index is 0.0409.